The van der Waals surface area contributed by atoms with E-state index >= 15 is 0 Å². The second kappa shape index (κ2) is 29.4. The van der Waals surface area contributed by atoms with Gasteiger partial charge < -0.3 is 4.55 Å². The van der Waals surface area contributed by atoms with Gasteiger partial charge in [0.05, 0.1) is 6.61 Å². The van der Waals surface area contributed by atoms with Crippen molar-refractivity contribution in [3.8, 4) is 0 Å². The molecule has 0 radical (unpaired) electrons. The largest absolute Gasteiger partial charge is 1.00 e. The Bertz CT molecular complexity index is 499. The van der Waals surface area contributed by atoms with E-state index in [1.807, 2.05) is 0 Å². The van der Waals surface area contributed by atoms with Crippen LogP contribution in [0, 0.1) is 5.92 Å². The van der Waals surface area contributed by atoms with Crippen LogP contribution in [-0.4, -0.2) is 19.6 Å². The summed E-state index contributed by atoms with van der Waals surface area (Å²) in [7, 11) is -4.58. The Morgan fingerprint density at radius 3 is 1.03 bits per heavy atom. The Morgan fingerprint density at radius 2 is 0.771 bits per heavy atom. The molecule has 4 nitrogen and oxygen atoms in total. The summed E-state index contributed by atoms with van der Waals surface area (Å²) < 4.78 is 37.3. The zero-order valence-corrected chi connectivity index (χ0v) is 26.8. The minimum atomic E-state index is -4.58. The van der Waals surface area contributed by atoms with Gasteiger partial charge in [-0.05, 0) is 18.8 Å². The third kappa shape index (κ3) is 32.8. The molecule has 206 valence electrons. The van der Waals surface area contributed by atoms with Crippen LogP contribution in [0.3, 0.4) is 0 Å². The van der Waals surface area contributed by atoms with Crippen LogP contribution in [0.4, 0.5) is 0 Å². The Hall–Kier alpha value is 0.870. The minimum Gasteiger partial charge on any atom is -0.726 e. The van der Waals surface area contributed by atoms with Crippen LogP contribution in [0.15, 0.2) is 0 Å². The molecule has 0 rings (SSSR count). The molecule has 0 saturated heterocycles. The van der Waals surface area contributed by atoms with Crippen LogP contribution in [0.1, 0.15) is 174 Å². The van der Waals surface area contributed by atoms with Crippen molar-refractivity contribution in [2.24, 2.45) is 5.92 Å². The molecule has 1 atom stereocenters. The van der Waals surface area contributed by atoms with Gasteiger partial charge in [0.1, 0.15) is 0 Å². The molecule has 0 aromatic heterocycles. The summed E-state index contributed by atoms with van der Waals surface area (Å²) in [5.74, 6) is 0.200. The average molecular weight is 527 g/mol. The van der Waals surface area contributed by atoms with Gasteiger partial charge in [-0.15, -0.1) is 0 Å². The molecule has 0 saturated carbocycles. The zero-order chi connectivity index (χ0) is 25.2. The summed E-state index contributed by atoms with van der Waals surface area (Å²) in [5, 5.41) is 0. The molecule has 0 N–H and O–H groups in total. The predicted molar refractivity (Wildman–Crippen MR) is 146 cm³/mol. The number of unbranched alkanes of at least 4 members (excludes halogenated alkanes) is 21. The minimum absolute atomic E-state index is 0. The fraction of sp³-hybridized carbons (Fsp3) is 1.00. The molecule has 0 amide bonds. The van der Waals surface area contributed by atoms with Gasteiger partial charge >= 0.3 is 29.6 Å². The van der Waals surface area contributed by atoms with Gasteiger partial charge in [0.25, 0.3) is 0 Å². The maximum absolute atomic E-state index is 10.9. The summed E-state index contributed by atoms with van der Waals surface area (Å²) in [5.41, 5.74) is 0. The number of rotatable bonds is 28. The van der Waals surface area contributed by atoms with E-state index in [4.69, 9.17) is 0 Å². The first-order valence-corrected chi connectivity index (χ1v) is 16.4. The van der Waals surface area contributed by atoms with Crippen LogP contribution >= 0.6 is 0 Å². The van der Waals surface area contributed by atoms with Crippen molar-refractivity contribution in [1.29, 1.82) is 0 Å². The van der Waals surface area contributed by atoms with E-state index in [1.54, 1.807) is 0 Å². The molecular weight excluding hydrogens is 467 g/mol. The molecule has 0 heterocycles. The molecule has 0 aliphatic carbocycles. The van der Waals surface area contributed by atoms with Crippen LogP contribution in [0.25, 0.3) is 0 Å². The Labute approximate surface area is 242 Å². The first kappa shape index (κ1) is 38.0. The van der Waals surface area contributed by atoms with Gasteiger partial charge in [-0.2, -0.15) is 0 Å². The van der Waals surface area contributed by atoms with Crippen LogP contribution < -0.4 is 29.6 Å². The molecule has 0 bridgehead atoms. The monoisotopic (exact) mass is 526 g/mol. The molecule has 0 spiro atoms. The molecule has 0 fully saturated rings. The third-order valence-corrected chi connectivity index (χ3v) is 7.55. The van der Waals surface area contributed by atoms with Gasteiger partial charge in [-0.25, -0.2) is 8.42 Å². The van der Waals surface area contributed by atoms with E-state index in [2.05, 4.69) is 18.0 Å². The van der Waals surface area contributed by atoms with E-state index in [-0.39, 0.29) is 42.1 Å². The number of hydrogen-bond acceptors (Lipinski definition) is 4. The first-order valence-electron chi connectivity index (χ1n) is 15.1. The van der Waals surface area contributed by atoms with Gasteiger partial charge in [-0.1, -0.05) is 162 Å². The topological polar surface area (TPSA) is 66.4 Å². The van der Waals surface area contributed by atoms with Crippen molar-refractivity contribution >= 4 is 10.4 Å². The summed E-state index contributed by atoms with van der Waals surface area (Å²) in [6.07, 6.45) is 32.3. The van der Waals surface area contributed by atoms with Crippen molar-refractivity contribution < 1.29 is 46.7 Å². The van der Waals surface area contributed by atoms with Gasteiger partial charge in [-0.3, -0.25) is 4.18 Å². The molecule has 6 heteroatoms. The standard InChI is InChI=1S/C29H60O4S.Na/c1-3-5-7-9-11-13-14-15-16-17-19-21-23-25-27-29(28-33-34(30,31)32)26-24-22-20-18-12-10-8-6-4-2;/h29H,3-28H2,1-2H3,(H,30,31,32);/q;+1/p-1. The van der Waals surface area contributed by atoms with E-state index in [1.165, 1.54) is 135 Å². The second-order valence-corrected chi connectivity index (χ2v) is 11.6. The Balaban J connectivity index is 0. The maximum atomic E-state index is 10.9. The van der Waals surface area contributed by atoms with Crippen molar-refractivity contribution in [2.75, 3.05) is 6.61 Å². The van der Waals surface area contributed by atoms with Crippen LogP contribution in [0.5, 0.6) is 0 Å². The average Bonchev–Trinajstić information content (AvgIpc) is 2.80. The molecule has 1 unspecified atom stereocenters. The van der Waals surface area contributed by atoms with Crippen molar-refractivity contribution in [3.05, 3.63) is 0 Å². The van der Waals surface area contributed by atoms with Gasteiger partial charge in [0.2, 0.25) is 10.4 Å². The third-order valence-electron chi connectivity index (χ3n) is 7.13. The summed E-state index contributed by atoms with van der Waals surface area (Å²) >= 11 is 0. The van der Waals surface area contributed by atoms with Gasteiger partial charge in [0, 0.05) is 0 Å². The summed E-state index contributed by atoms with van der Waals surface area (Å²) in [6.45, 7) is 4.59. The van der Waals surface area contributed by atoms with E-state index in [0.29, 0.717) is 0 Å². The summed E-state index contributed by atoms with van der Waals surface area (Å²) in [6, 6.07) is 0. The zero-order valence-electron chi connectivity index (χ0n) is 24.0. The van der Waals surface area contributed by atoms with Crippen molar-refractivity contribution in [1.82, 2.24) is 0 Å². The predicted octanol–water partition coefficient (Wildman–Crippen LogP) is 6.88. The normalized spacial score (nSPS) is 12.5. The maximum Gasteiger partial charge on any atom is 1.00 e. The fourth-order valence-corrected chi connectivity index (χ4v) is 5.22. The van der Waals surface area contributed by atoms with Crippen molar-refractivity contribution in [2.45, 2.75) is 174 Å². The molecular formula is C29H59NaO4S. The SMILES string of the molecule is CCCCCCCCCCCCCCCCC(CCCCCCCCCCC)COS(=O)(=O)[O-].[Na+]. The van der Waals surface area contributed by atoms with Crippen LogP contribution in [-0.2, 0) is 14.6 Å². The quantitative estimate of drug-likeness (QED) is 0.0482. The van der Waals surface area contributed by atoms with E-state index in [0.717, 1.165) is 25.7 Å². The smallest absolute Gasteiger partial charge is 0.726 e. The van der Waals surface area contributed by atoms with E-state index in [9.17, 15) is 13.0 Å². The Kier molecular flexibility index (Phi) is 32.0. The van der Waals surface area contributed by atoms with Gasteiger partial charge in [0.15, 0.2) is 0 Å². The van der Waals surface area contributed by atoms with E-state index < -0.39 is 10.4 Å². The molecule has 0 aliphatic heterocycles. The number of hydrogen-bond donors (Lipinski definition) is 0. The van der Waals surface area contributed by atoms with Crippen molar-refractivity contribution in [3.63, 3.8) is 0 Å². The van der Waals surface area contributed by atoms with Crippen LogP contribution in [0.2, 0.25) is 0 Å². The fourth-order valence-electron chi connectivity index (χ4n) is 4.86. The second-order valence-electron chi connectivity index (χ2n) is 10.6. The Morgan fingerprint density at radius 1 is 0.514 bits per heavy atom. The molecule has 35 heavy (non-hydrogen) atoms. The molecule has 0 aliphatic rings. The first-order chi connectivity index (χ1) is 16.5. The molecule has 0 aromatic rings. The summed E-state index contributed by atoms with van der Waals surface area (Å²) in [4.78, 5) is 0. The molecule has 0 aromatic carbocycles.